The molecule has 0 radical (unpaired) electrons. The van der Waals surface area contributed by atoms with Gasteiger partial charge in [-0.1, -0.05) is 0 Å². The van der Waals surface area contributed by atoms with Gasteiger partial charge < -0.3 is 11.1 Å². The molecule has 0 aromatic carbocycles. The molecule has 2 aromatic rings. The van der Waals surface area contributed by atoms with E-state index in [9.17, 15) is 4.79 Å². The minimum absolute atomic E-state index is 0.138. The third-order valence-electron chi connectivity index (χ3n) is 1.79. The Labute approximate surface area is 84.0 Å². The highest BCUT2D eigenvalue weighted by molar-refractivity contribution is 5.98. The molecule has 0 saturated heterocycles. The number of anilines is 1. The van der Waals surface area contributed by atoms with Crippen molar-refractivity contribution in [1.82, 2.24) is 14.6 Å². The van der Waals surface area contributed by atoms with E-state index in [2.05, 4.69) is 15.4 Å². The van der Waals surface area contributed by atoms with Gasteiger partial charge in [0.25, 0.3) is 5.91 Å². The van der Waals surface area contributed by atoms with Gasteiger partial charge in [-0.25, -0.2) is 4.98 Å². The van der Waals surface area contributed by atoms with Gasteiger partial charge in [0, 0.05) is 17.3 Å². The zero-order valence-electron chi connectivity index (χ0n) is 10.1. The predicted octanol–water partition coefficient (Wildman–Crippen LogP) is -0.130. The lowest BCUT2D eigenvalue weighted by Gasteiger charge is -2.01. The van der Waals surface area contributed by atoms with Gasteiger partial charge in [0.15, 0.2) is 5.65 Å². The van der Waals surface area contributed by atoms with Gasteiger partial charge >= 0.3 is 0 Å². The van der Waals surface area contributed by atoms with Crippen LogP contribution >= 0.6 is 0 Å². The van der Waals surface area contributed by atoms with Crippen LogP contribution in [0.3, 0.4) is 0 Å². The number of carbonyl (C=O) groups excluding carboxylic acids is 1. The van der Waals surface area contributed by atoms with E-state index in [1.807, 2.05) is 0 Å². The predicted molar refractivity (Wildman–Crippen MR) is 51.1 cm³/mol. The number of nitrogens with one attached hydrogen (secondary N) is 1. The molecule has 0 aliphatic carbocycles. The SMILES string of the molecule is [2H]C([2H])([2H])Nc1ccnc2c(C(N)=O)cnn12. The fourth-order valence-corrected chi connectivity index (χ4v) is 1.16. The van der Waals surface area contributed by atoms with Crippen LogP contribution in [0.15, 0.2) is 18.5 Å². The molecule has 0 spiro atoms. The summed E-state index contributed by atoms with van der Waals surface area (Å²) in [6.07, 6.45) is 2.62. The molecule has 14 heavy (non-hydrogen) atoms. The standard InChI is InChI=1S/C8H9N5O/c1-10-6-2-3-11-8-5(7(9)14)4-12-13(6)8/h2-4,10H,1H3,(H2,9,14)/i1D3. The maximum Gasteiger partial charge on any atom is 0.254 e. The summed E-state index contributed by atoms with van der Waals surface area (Å²) in [4.78, 5) is 15.0. The number of rotatable bonds is 2. The molecular formula is C8H9N5O. The first-order chi connectivity index (χ1) is 7.88. The quantitative estimate of drug-likeness (QED) is 0.697. The van der Waals surface area contributed by atoms with Crippen LogP contribution in [0.25, 0.3) is 5.65 Å². The van der Waals surface area contributed by atoms with Crippen molar-refractivity contribution in [2.75, 3.05) is 12.3 Å². The maximum absolute atomic E-state index is 11.1. The van der Waals surface area contributed by atoms with Crippen molar-refractivity contribution in [1.29, 1.82) is 0 Å². The van der Waals surface area contributed by atoms with Gasteiger partial charge in [0.1, 0.15) is 11.4 Å². The highest BCUT2D eigenvalue weighted by Gasteiger charge is 2.11. The number of primary amides is 1. The smallest absolute Gasteiger partial charge is 0.254 e. The van der Waals surface area contributed by atoms with Gasteiger partial charge in [0.05, 0.1) is 6.20 Å². The molecule has 0 bridgehead atoms. The lowest BCUT2D eigenvalue weighted by Crippen LogP contribution is -2.11. The van der Waals surface area contributed by atoms with Crippen LogP contribution in [0.1, 0.15) is 14.5 Å². The number of nitrogens with two attached hydrogens (primary N) is 1. The third kappa shape index (κ3) is 1.08. The minimum atomic E-state index is -2.35. The molecule has 0 aliphatic rings. The third-order valence-corrected chi connectivity index (χ3v) is 1.79. The van der Waals surface area contributed by atoms with Crippen LogP contribution in [-0.4, -0.2) is 27.5 Å². The van der Waals surface area contributed by atoms with Crippen LogP contribution in [0.5, 0.6) is 0 Å². The van der Waals surface area contributed by atoms with Crippen molar-refractivity contribution in [3.63, 3.8) is 0 Å². The molecule has 6 nitrogen and oxygen atoms in total. The molecule has 2 aromatic heterocycles. The van der Waals surface area contributed by atoms with E-state index in [1.165, 1.54) is 23.0 Å². The summed E-state index contributed by atoms with van der Waals surface area (Å²) >= 11 is 0. The monoisotopic (exact) mass is 194 g/mol. The molecule has 2 rings (SSSR count). The Bertz CT molecular complexity index is 576. The van der Waals surface area contributed by atoms with E-state index in [0.29, 0.717) is 0 Å². The summed E-state index contributed by atoms with van der Waals surface area (Å²) in [6.45, 7) is -2.35. The van der Waals surface area contributed by atoms with E-state index < -0.39 is 12.9 Å². The largest absolute Gasteiger partial charge is 0.373 e. The van der Waals surface area contributed by atoms with Crippen molar-refractivity contribution in [3.05, 3.63) is 24.0 Å². The van der Waals surface area contributed by atoms with Crippen molar-refractivity contribution < 1.29 is 8.91 Å². The van der Waals surface area contributed by atoms with Crippen molar-refractivity contribution >= 4 is 17.4 Å². The van der Waals surface area contributed by atoms with Crippen LogP contribution in [0.2, 0.25) is 0 Å². The van der Waals surface area contributed by atoms with E-state index in [4.69, 9.17) is 9.85 Å². The zero-order chi connectivity index (χ0) is 12.6. The Kier molecular flexibility index (Phi) is 1.19. The molecule has 0 atom stereocenters. The van der Waals surface area contributed by atoms with E-state index >= 15 is 0 Å². The second kappa shape index (κ2) is 2.99. The Morgan fingerprint density at radius 1 is 1.79 bits per heavy atom. The lowest BCUT2D eigenvalue weighted by molar-refractivity contribution is 0.100. The normalized spacial score (nSPS) is 14.4. The highest BCUT2D eigenvalue weighted by Crippen LogP contribution is 2.11. The summed E-state index contributed by atoms with van der Waals surface area (Å²) in [5.41, 5.74) is 5.49. The van der Waals surface area contributed by atoms with E-state index in [1.54, 1.807) is 0 Å². The molecule has 6 heteroatoms. The Morgan fingerprint density at radius 3 is 3.36 bits per heavy atom. The first kappa shape index (κ1) is 5.58. The molecule has 2 heterocycles. The molecule has 0 aliphatic heterocycles. The molecule has 0 fully saturated rings. The van der Waals surface area contributed by atoms with Gasteiger partial charge in [-0.3, -0.25) is 4.79 Å². The van der Waals surface area contributed by atoms with Crippen molar-refractivity contribution in [3.8, 4) is 0 Å². The summed E-state index contributed by atoms with van der Waals surface area (Å²) in [5.74, 6) is -0.457. The van der Waals surface area contributed by atoms with Gasteiger partial charge in [-0.2, -0.15) is 9.61 Å². The number of fused-ring (bicyclic) bond motifs is 1. The second-order valence-electron chi connectivity index (χ2n) is 2.61. The summed E-state index contributed by atoms with van der Waals surface area (Å²) in [7, 11) is 0. The second-order valence-corrected chi connectivity index (χ2v) is 2.61. The Hall–Kier alpha value is -2.11. The Balaban J connectivity index is 2.56. The first-order valence-corrected chi connectivity index (χ1v) is 3.79. The maximum atomic E-state index is 11.1. The van der Waals surface area contributed by atoms with E-state index in [-0.39, 0.29) is 17.0 Å². The topological polar surface area (TPSA) is 85.3 Å². The average Bonchev–Trinajstić information content (AvgIpc) is 2.59. The average molecular weight is 194 g/mol. The molecule has 3 N–H and O–H groups in total. The molecule has 0 unspecified atom stereocenters. The van der Waals surface area contributed by atoms with Gasteiger partial charge in [-0.05, 0) is 6.07 Å². The summed E-state index contributed by atoms with van der Waals surface area (Å²) in [5, 5.41) is 6.15. The Morgan fingerprint density at radius 2 is 2.64 bits per heavy atom. The zero-order valence-corrected chi connectivity index (χ0v) is 7.06. The summed E-state index contributed by atoms with van der Waals surface area (Å²) in [6, 6.07) is 1.44. The number of carbonyl (C=O) groups is 1. The fourth-order valence-electron chi connectivity index (χ4n) is 1.16. The first-order valence-electron chi connectivity index (χ1n) is 5.29. The lowest BCUT2D eigenvalue weighted by atomic mass is 10.3. The number of aromatic nitrogens is 3. The van der Waals surface area contributed by atoms with Gasteiger partial charge in [0.2, 0.25) is 0 Å². The van der Waals surface area contributed by atoms with Crippen molar-refractivity contribution in [2.24, 2.45) is 5.73 Å². The number of amides is 1. The minimum Gasteiger partial charge on any atom is -0.373 e. The summed E-state index contributed by atoms with van der Waals surface area (Å²) < 4.78 is 22.5. The van der Waals surface area contributed by atoms with Crippen molar-refractivity contribution in [2.45, 2.75) is 0 Å². The highest BCUT2D eigenvalue weighted by atomic mass is 16.1. The fraction of sp³-hybridized carbons (Fsp3) is 0.125. The van der Waals surface area contributed by atoms with Gasteiger partial charge in [-0.15, -0.1) is 0 Å². The number of hydrogen-bond donors (Lipinski definition) is 2. The molecule has 72 valence electrons. The van der Waals surface area contributed by atoms with Crippen LogP contribution in [0.4, 0.5) is 5.82 Å². The number of hydrogen-bond acceptors (Lipinski definition) is 4. The number of nitrogens with zero attached hydrogens (tertiary/aromatic N) is 3. The van der Waals surface area contributed by atoms with Crippen LogP contribution in [0, 0.1) is 0 Å². The van der Waals surface area contributed by atoms with Crippen LogP contribution < -0.4 is 11.1 Å². The molecule has 1 amide bonds. The van der Waals surface area contributed by atoms with Crippen LogP contribution in [-0.2, 0) is 0 Å². The van der Waals surface area contributed by atoms with E-state index in [0.717, 1.165) is 0 Å². The molecule has 0 saturated carbocycles. The molecular weight excluding hydrogens is 182 g/mol.